The Morgan fingerprint density at radius 2 is 1.96 bits per heavy atom. The van der Waals surface area contributed by atoms with Gasteiger partial charge in [-0.05, 0) is 44.5 Å². The number of hydrogen-bond donors (Lipinski definition) is 1. The van der Waals surface area contributed by atoms with Gasteiger partial charge >= 0.3 is 0 Å². The molecule has 2 heterocycles. The molecule has 0 saturated carbocycles. The van der Waals surface area contributed by atoms with Crippen molar-refractivity contribution < 1.29 is 4.79 Å². The summed E-state index contributed by atoms with van der Waals surface area (Å²) in [5, 5.41) is 4.01. The predicted octanol–water partition coefficient (Wildman–Crippen LogP) is 2.85. The third kappa shape index (κ3) is 4.95. The highest BCUT2D eigenvalue weighted by Crippen LogP contribution is 2.19. The van der Waals surface area contributed by atoms with Crippen LogP contribution in [0.1, 0.15) is 26.3 Å². The molecule has 0 aliphatic heterocycles. The summed E-state index contributed by atoms with van der Waals surface area (Å²) in [6.45, 7) is 6.15. The van der Waals surface area contributed by atoms with E-state index in [0.717, 1.165) is 5.56 Å². The standard InChI is InChI=1S/C20H22N4O2S/c1-20(2,3)23-17(25)13-27-19-22-16-9-5-4-8-15(16)18(26)24(19)12-14-7-6-10-21-11-14/h4-11H,12-13H2,1-3H3,(H,23,25). The summed E-state index contributed by atoms with van der Waals surface area (Å²) < 4.78 is 1.61. The molecular weight excluding hydrogens is 360 g/mol. The van der Waals surface area contributed by atoms with Crippen molar-refractivity contribution in [3.8, 4) is 0 Å². The monoisotopic (exact) mass is 382 g/mol. The molecule has 1 N–H and O–H groups in total. The van der Waals surface area contributed by atoms with Gasteiger partial charge in [-0.3, -0.25) is 19.1 Å². The van der Waals surface area contributed by atoms with Crippen molar-refractivity contribution in [3.05, 3.63) is 64.7 Å². The van der Waals surface area contributed by atoms with Gasteiger partial charge in [0.05, 0.1) is 23.2 Å². The van der Waals surface area contributed by atoms with E-state index in [0.29, 0.717) is 22.6 Å². The second-order valence-electron chi connectivity index (χ2n) is 7.25. The quantitative estimate of drug-likeness (QED) is 0.542. The number of benzene rings is 1. The fourth-order valence-electron chi connectivity index (χ4n) is 2.66. The molecule has 0 atom stereocenters. The van der Waals surface area contributed by atoms with Crippen LogP contribution in [0.4, 0.5) is 0 Å². The number of para-hydroxylation sites is 1. The number of nitrogens with zero attached hydrogens (tertiary/aromatic N) is 3. The molecule has 27 heavy (non-hydrogen) atoms. The van der Waals surface area contributed by atoms with Crippen LogP contribution in [-0.4, -0.2) is 31.7 Å². The van der Waals surface area contributed by atoms with Crippen molar-refractivity contribution in [1.82, 2.24) is 19.9 Å². The average Bonchev–Trinajstić information content (AvgIpc) is 2.62. The number of carbonyl (C=O) groups is 1. The number of nitrogens with one attached hydrogen (secondary N) is 1. The van der Waals surface area contributed by atoms with Crippen molar-refractivity contribution in [3.63, 3.8) is 0 Å². The SMILES string of the molecule is CC(C)(C)NC(=O)CSc1nc2ccccc2c(=O)n1Cc1cccnc1. The Bertz CT molecular complexity index is 1010. The zero-order valence-corrected chi connectivity index (χ0v) is 16.4. The van der Waals surface area contributed by atoms with Crippen molar-refractivity contribution in [2.75, 3.05) is 5.75 Å². The van der Waals surface area contributed by atoms with E-state index >= 15 is 0 Å². The van der Waals surface area contributed by atoms with E-state index in [1.54, 1.807) is 23.0 Å². The molecule has 0 aliphatic rings. The second-order valence-corrected chi connectivity index (χ2v) is 8.19. The normalized spacial score (nSPS) is 11.5. The highest BCUT2D eigenvalue weighted by Gasteiger charge is 2.17. The Morgan fingerprint density at radius 3 is 2.67 bits per heavy atom. The van der Waals surface area contributed by atoms with Gasteiger partial charge in [0.1, 0.15) is 0 Å². The van der Waals surface area contributed by atoms with E-state index < -0.39 is 0 Å². The average molecular weight is 382 g/mol. The third-order valence-electron chi connectivity index (χ3n) is 3.74. The van der Waals surface area contributed by atoms with Crippen LogP contribution in [0.2, 0.25) is 0 Å². The summed E-state index contributed by atoms with van der Waals surface area (Å²) in [7, 11) is 0. The molecule has 3 rings (SSSR count). The van der Waals surface area contributed by atoms with Gasteiger partial charge in [-0.1, -0.05) is 30.0 Å². The molecule has 0 radical (unpaired) electrons. The highest BCUT2D eigenvalue weighted by molar-refractivity contribution is 7.99. The van der Waals surface area contributed by atoms with Gasteiger partial charge in [0.25, 0.3) is 5.56 Å². The zero-order chi connectivity index (χ0) is 19.4. The van der Waals surface area contributed by atoms with Crippen LogP contribution >= 0.6 is 11.8 Å². The summed E-state index contributed by atoms with van der Waals surface area (Å²) in [4.78, 5) is 33.9. The highest BCUT2D eigenvalue weighted by atomic mass is 32.2. The number of thioether (sulfide) groups is 1. The lowest BCUT2D eigenvalue weighted by atomic mass is 10.1. The van der Waals surface area contributed by atoms with Gasteiger partial charge in [0, 0.05) is 17.9 Å². The first-order valence-electron chi connectivity index (χ1n) is 8.66. The molecule has 0 fully saturated rings. The minimum absolute atomic E-state index is 0.0946. The first kappa shape index (κ1) is 19.1. The molecule has 0 saturated heterocycles. The molecule has 1 amide bonds. The Morgan fingerprint density at radius 1 is 1.19 bits per heavy atom. The Hall–Kier alpha value is -2.67. The predicted molar refractivity (Wildman–Crippen MR) is 108 cm³/mol. The van der Waals surface area contributed by atoms with E-state index in [9.17, 15) is 9.59 Å². The van der Waals surface area contributed by atoms with Gasteiger partial charge in [-0.25, -0.2) is 4.98 Å². The number of amides is 1. The van der Waals surface area contributed by atoms with E-state index in [1.807, 2.05) is 51.1 Å². The van der Waals surface area contributed by atoms with Gasteiger partial charge in [0.15, 0.2) is 5.16 Å². The molecule has 0 bridgehead atoms. The topological polar surface area (TPSA) is 76.9 Å². The van der Waals surface area contributed by atoms with Crippen LogP contribution in [0.15, 0.2) is 58.7 Å². The number of rotatable bonds is 5. The van der Waals surface area contributed by atoms with Crippen molar-refractivity contribution >= 4 is 28.6 Å². The van der Waals surface area contributed by atoms with Gasteiger partial charge in [-0.2, -0.15) is 0 Å². The number of carbonyl (C=O) groups excluding carboxylic acids is 1. The molecule has 0 unspecified atom stereocenters. The number of aromatic nitrogens is 3. The molecule has 0 aliphatic carbocycles. The zero-order valence-electron chi connectivity index (χ0n) is 15.6. The number of fused-ring (bicyclic) bond motifs is 1. The largest absolute Gasteiger partial charge is 0.351 e. The minimum Gasteiger partial charge on any atom is -0.351 e. The van der Waals surface area contributed by atoms with Gasteiger partial charge in [0.2, 0.25) is 5.91 Å². The van der Waals surface area contributed by atoms with Crippen LogP contribution < -0.4 is 10.9 Å². The van der Waals surface area contributed by atoms with Crippen LogP contribution in [0.3, 0.4) is 0 Å². The fraction of sp³-hybridized carbons (Fsp3) is 0.300. The number of hydrogen-bond acceptors (Lipinski definition) is 5. The summed E-state index contributed by atoms with van der Waals surface area (Å²) in [5.74, 6) is 0.0950. The first-order valence-corrected chi connectivity index (χ1v) is 9.64. The van der Waals surface area contributed by atoms with Gasteiger partial charge < -0.3 is 5.32 Å². The molecule has 0 spiro atoms. The summed E-state index contributed by atoms with van der Waals surface area (Å²) in [6.07, 6.45) is 3.42. The minimum atomic E-state index is -0.302. The Labute approximate surface area is 162 Å². The molecule has 3 aromatic rings. The maximum atomic E-state index is 13.0. The Balaban J connectivity index is 1.95. The maximum absolute atomic E-state index is 13.0. The van der Waals surface area contributed by atoms with Crippen molar-refractivity contribution in [1.29, 1.82) is 0 Å². The lowest BCUT2D eigenvalue weighted by molar-refractivity contribution is -0.119. The summed E-state index contributed by atoms with van der Waals surface area (Å²) in [5.41, 5.74) is 1.11. The smallest absolute Gasteiger partial charge is 0.262 e. The second kappa shape index (κ2) is 7.92. The molecule has 140 valence electrons. The van der Waals surface area contributed by atoms with Gasteiger partial charge in [-0.15, -0.1) is 0 Å². The first-order chi connectivity index (χ1) is 12.8. The molecule has 1 aromatic carbocycles. The van der Waals surface area contributed by atoms with E-state index in [1.165, 1.54) is 11.8 Å². The van der Waals surface area contributed by atoms with Crippen molar-refractivity contribution in [2.24, 2.45) is 0 Å². The third-order valence-corrected chi connectivity index (χ3v) is 4.71. The van der Waals surface area contributed by atoms with E-state index in [4.69, 9.17) is 0 Å². The fourth-order valence-corrected chi connectivity index (χ4v) is 3.45. The lowest BCUT2D eigenvalue weighted by Gasteiger charge is -2.20. The lowest BCUT2D eigenvalue weighted by Crippen LogP contribution is -2.41. The van der Waals surface area contributed by atoms with Crippen LogP contribution in [0, 0.1) is 0 Å². The van der Waals surface area contributed by atoms with Crippen molar-refractivity contribution in [2.45, 2.75) is 38.0 Å². The summed E-state index contributed by atoms with van der Waals surface area (Å²) in [6, 6.07) is 11.0. The van der Waals surface area contributed by atoms with E-state index in [-0.39, 0.29) is 22.8 Å². The Kier molecular flexibility index (Phi) is 5.60. The molecule has 6 nitrogen and oxygen atoms in total. The number of pyridine rings is 1. The maximum Gasteiger partial charge on any atom is 0.262 e. The molecule has 2 aromatic heterocycles. The van der Waals surface area contributed by atoms with Crippen LogP contribution in [0.5, 0.6) is 0 Å². The molecule has 7 heteroatoms. The van der Waals surface area contributed by atoms with Crippen LogP contribution in [-0.2, 0) is 11.3 Å². The van der Waals surface area contributed by atoms with Crippen LogP contribution in [0.25, 0.3) is 10.9 Å². The van der Waals surface area contributed by atoms with E-state index in [2.05, 4.69) is 15.3 Å². The summed E-state index contributed by atoms with van der Waals surface area (Å²) >= 11 is 1.26. The molecular formula is C20H22N4O2S.